The normalized spacial score (nSPS) is 27.6. The number of amidine groups is 1. The van der Waals surface area contributed by atoms with Gasteiger partial charge in [-0.2, -0.15) is 0 Å². The molecule has 0 saturated heterocycles. The Kier molecular flexibility index (Phi) is 5.99. The molecule has 1 fully saturated rings. The van der Waals surface area contributed by atoms with E-state index in [1.165, 1.54) is 0 Å². The van der Waals surface area contributed by atoms with Crippen LogP contribution < -0.4 is 16.5 Å². The molecule has 0 amide bonds. The van der Waals surface area contributed by atoms with Crippen molar-refractivity contribution in [3.8, 4) is 0 Å². The number of fused-ring (bicyclic) bond motifs is 1. The fourth-order valence-corrected chi connectivity index (χ4v) is 3.98. The number of unbranched alkanes of at least 4 members (excludes halogenated alkanes) is 1. The van der Waals surface area contributed by atoms with Gasteiger partial charge in [0.1, 0.15) is 12.0 Å². The number of rotatable bonds is 6. The molecule has 29 heavy (non-hydrogen) atoms. The summed E-state index contributed by atoms with van der Waals surface area (Å²) in [6.07, 6.45) is 16.8. The molecule has 1 atom stereocenters. The van der Waals surface area contributed by atoms with E-state index in [1.807, 2.05) is 12.4 Å². The van der Waals surface area contributed by atoms with E-state index in [0.29, 0.717) is 18.0 Å². The Morgan fingerprint density at radius 2 is 2.00 bits per heavy atom. The number of aromatic nitrogens is 2. The average molecular weight is 397 g/mol. The number of likely N-dealkylation sites (N-methyl/N-ethyl adjacent to an activating group) is 1. The number of hydrazine groups is 1. The molecule has 156 valence electrons. The van der Waals surface area contributed by atoms with Gasteiger partial charge in [-0.05, 0) is 44.3 Å². The molecule has 3 aliphatic rings. The smallest absolute Gasteiger partial charge is 0.222 e. The van der Waals surface area contributed by atoms with Gasteiger partial charge in [-0.3, -0.25) is 15.4 Å². The Labute approximate surface area is 173 Å². The van der Waals surface area contributed by atoms with Crippen molar-refractivity contribution in [2.45, 2.75) is 63.7 Å². The van der Waals surface area contributed by atoms with Crippen LogP contribution in [0.2, 0.25) is 0 Å². The van der Waals surface area contributed by atoms with Crippen molar-refractivity contribution in [1.29, 1.82) is 0 Å². The van der Waals surface area contributed by atoms with Crippen LogP contribution in [-0.4, -0.2) is 57.6 Å². The van der Waals surface area contributed by atoms with Crippen molar-refractivity contribution in [2.75, 3.05) is 18.9 Å². The highest BCUT2D eigenvalue weighted by atomic mass is 15.6. The summed E-state index contributed by atoms with van der Waals surface area (Å²) in [5.74, 6) is 1.58. The number of anilines is 1. The second kappa shape index (κ2) is 8.82. The third-order valence-electron chi connectivity index (χ3n) is 5.75. The summed E-state index contributed by atoms with van der Waals surface area (Å²) in [5, 5.41) is 5.40. The lowest BCUT2D eigenvalue weighted by atomic mass is 9.92. The van der Waals surface area contributed by atoms with Crippen molar-refractivity contribution >= 4 is 17.5 Å². The minimum atomic E-state index is 0.117. The van der Waals surface area contributed by atoms with Crippen LogP contribution in [0.15, 0.2) is 35.7 Å². The van der Waals surface area contributed by atoms with Gasteiger partial charge in [0.15, 0.2) is 0 Å². The van der Waals surface area contributed by atoms with Crippen LogP contribution in [0.1, 0.15) is 51.0 Å². The van der Waals surface area contributed by atoms with Crippen molar-refractivity contribution in [2.24, 2.45) is 10.7 Å². The topological polar surface area (TPSA) is 94.7 Å². The summed E-state index contributed by atoms with van der Waals surface area (Å²) in [6, 6.07) is 0.690. The summed E-state index contributed by atoms with van der Waals surface area (Å²) in [7, 11) is 2.07. The Bertz CT molecular complexity index is 776. The molecule has 0 spiro atoms. The minimum Gasteiger partial charge on any atom is -0.354 e. The van der Waals surface area contributed by atoms with Gasteiger partial charge in [0.05, 0.1) is 11.7 Å². The second-order valence-corrected chi connectivity index (χ2v) is 8.09. The summed E-state index contributed by atoms with van der Waals surface area (Å²) >= 11 is 0. The molecule has 1 aliphatic carbocycles. The summed E-state index contributed by atoms with van der Waals surface area (Å²) in [4.78, 5) is 16.1. The molecule has 2 aliphatic heterocycles. The highest BCUT2D eigenvalue weighted by Gasteiger charge is 2.33. The molecule has 1 aromatic rings. The first-order valence-corrected chi connectivity index (χ1v) is 10.7. The maximum Gasteiger partial charge on any atom is 0.222 e. The number of aliphatic imine (C=N–C) groups is 1. The van der Waals surface area contributed by atoms with Crippen molar-refractivity contribution in [1.82, 2.24) is 25.3 Å². The van der Waals surface area contributed by atoms with E-state index < -0.39 is 0 Å². The molecule has 1 unspecified atom stereocenters. The Hall–Kier alpha value is -2.61. The third-order valence-corrected chi connectivity index (χ3v) is 5.75. The maximum absolute atomic E-state index is 6.03. The number of nitrogens with one attached hydrogen (secondary N) is 2. The molecule has 0 bridgehead atoms. The molecule has 1 saturated carbocycles. The van der Waals surface area contributed by atoms with E-state index in [4.69, 9.17) is 10.7 Å². The van der Waals surface area contributed by atoms with Crippen LogP contribution in [-0.2, 0) is 0 Å². The molecule has 4 N–H and O–H groups in total. The van der Waals surface area contributed by atoms with E-state index in [0.717, 1.165) is 62.2 Å². The van der Waals surface area contributed by atoms with E-state index in [2.05, 4.69) is 62.9 Å². The predicted octanol–water partition coefficient (Wildman–Crippen LogP) is 2.30. The van der Waals surface area contributed by atoms with Gasteiger partial charge in [-0.25, -0.2) is 9.97 Å². The van der Waals surface area contributed by atoms with Crippen LogP contribution in [0.3, 0.4) is 0 Å². The van der Waals surface area contributed by atoms with Crippen molar-refractivity contribution in [3.05, 3.63) is 36.3 Å². The van der Waals surface area contributed by atoms with Crippen molar-refractivity contribution < 1.29 is 0 Å². The number of hydrogen-bond donors (Lipinski definition) is 3. The summed E-state index contributed by atoms with van der Waals surface area (Å²) < 4.78 is 0. The highest BCUT2D eigenvalue weighted by molar-refractivity contribution is 5.94. The zero-order valence-corrected chi connectivity index (χ0v) is 17.4. The minimum absolute atomic E-state index is 0.117. The first kappa shape index (κ1) is 19.7. The largest absolute Gasteiger partial charge is 0.354 e. The lowest BCUT2D eigenvalue weighted by Crippen LogP contribution is -2.50. The Balaban J connectivity index is 1.45. The zero-order chi connectivity index (χ0) is 20.2. The lowest BCUT2D eigenvalue weighted by molar-refractivity contribution is 0.200. The van der Waals surface area contributed by atoms with Gasteiger partial charge in [0.25, 0.3) is 0 Å². The average Bonchev–Trinajstić information content (AvgIpc) is 3.06. The number of nitrogens with two attached hydrogens (primary N) is 1. The monoisotopic (exact) mass is 396 g/mol. The molecule has 8 nitrogen and oxygen atoms in total. The number of nitrogens with zero attached hydrogens (tertiary/aromatic N) is 5. The van der Waals surface area contributed by atoms with E-state index in [1.54, 1.807) is 0 Å². The van der Waals surface area contributed by atoms with E-state index >= 15 is 0 Å². The first-order chi connectivity index (χ1) is 14.1. The number of hydrogen-bond acceptors (Lipinski definition) is 7. The fraction of sp³-hybridized carbons (Fsp3) is 0.571. The van der Waals surface area contributed by atoms with Gasteiger partial charge >= 0.3 is 0 Å². The van der Waals surface area contributed by atoms with E-state index in [9.17, 15) is 0 Å². The molecule has 3 heterocycles. The van der Waals surface area contributed by atoms with Gasteiger partial charge in [-0.15, -0.1) is 0 Å². The standard InChI is InChI=1S/C21H32N8/c1-3-4-11-23-21-24-12-15(13-25-21)18-14-28(2)20-10-9-19(27-29(18)20)26-17-7-5-16(22)6-8-17/h9-10,12-14,16-17,20H,3-8,11,22H2,1-2H3,(H,26,27)(H,23,24,25). The third kappa shape index (κ3) is 4.53. The summed E-state index contributed by atoms with van der Waals surface area (Å²) in [5.41, 5.74) is 11.5. The lowest BCUT2D eigenvalue weighted by Gasteiger charge is -2.35. The van der Waals surface area contributed by atoms with Gasteiger partial charge in [-0.1, -0.05) is 13.3 Å². The van der Waals surface area contributed by atoms with Crippen molar-refractivity contribution in [3.63, 3.8) is 0 Å². The Morgan fingerprint density at radius 3 is 2.72 bits per heavy atom. The van der Waals surface area contributed by atoms with Gasteiger partial charge in [0.2, 0.25) is 5.95 Å². The zero-order valence-electron chi connectivity index (χ0n) is 17.4. The molecule has 0 aromatic carbocycles. The Morgan fingerprint density at radius 1 is 1.24 bits per heavy atom. The van der Waals surface area contributed by atoms with Crippen LogP contribution >= 0.6 is 0 Å². The highest BCUT2D eigenvalue weighted by Crippen LogP contribution is 2.30. The molecule has 0 radical (unpaired) electrons. The molecular weight excluding hydrogens is 364 g/mol. The quantitative estimate of drug-likeness (QED) is 0.635. The van der Waals surface area contributed by atoms with Gasteiger partial charge in [0, 0.05) is 43.8 Å². The maximum atomic E-state index is 6.03. The predicted molar refractivity (Wildman–Crippen MR) is 117 cm³/mol. The molecule has 4 rings (SSSR count). The molecule has 1 aromatic heterocycles. The second-order valence-electron chi connectivity index (χ2n) is 8.09. The van der Waals surface area contributed by atoms with E-state index in [-0.39, 0.29) is 6.17 Å². The SMILES string of the molecule is CCCCNc1ncc(C2=CN(C)C3C=CC(=NC4CCC(N)CC4)NN23)cn1. The molecular formula is C21H32N8. The van der Waals surface area contributed by atoms with Crippen LogP contribution in [0.4, 0.5) is 5.95 Å². The van der Waals surface area contributed by atoms with Crippen LogP contribution in [0.5, 0.6) is 0 Å². The van der Waals surface area contributed by atoms with Crippen LogP contribution in [0, 0.1) is 0 Å². The summed E-state index contributed by atoms with van der Waals surface area (Å²) in [6.45, 7) is 3.07. The molecule has 8 heteroatoms. The van der Waals surface area contributed by atoms with Crippen LogP contribution in [0.25, 0.3) is 5.70 Å². The first-order valence-electron chi connectivity index (χ1n) is 10.7. The fourth-order valence-electron chi connectivity index (χ4n) is 3.98. The van der Waals surface area contributed by atoms with Gasteiger partial charge < -0.3 is 16.0 Å².